The van der Waals surface area contributed by atoms with Gasteiger partial charge in [0.05, 0.1) is 30.1 Å². The molecule has 0 saturated heterocycles. The third kappa shape index (κ3) is 2.37. The van der Waals surface area contributed by atoms with Crippen LogP contribution in [0.25, 0.3) is 5.65 Å². The van der Waals surface area contributed by atoms with E-state index >= 15 is 0 Å². The molecule has 5 heteroatoms. The Bertz CT molecular complexity index is 887. The van der Waals surface area contributed by atoms with Crippen molar-refractivity contribution >= 4 is 11.3 Å². The Morgan fingerprint density at radius 3 is 2.92 bits per heavy atom. The molecule has 2 unspecified atom stereocenters. The van der Waals surface area contributed by atoms with Gasteiger partial charge in [0.15, 0.2) is 5.65 Å². The molecule has 24 heavy (non-hydrogen) atoms. The zero-order valence-corrected chi connectivity index (χ0v) is 13.6. The maximum Gasteiger partial charge on any atom is 0.160 e. The molecule has 0 saturated carbocycles. The molecule has 0 spiro atoms. The third-order valence-corrected chi connectivity index (χ3v) is 4.93. The van der Waals surface area contributed by atoms with Gasteiger partial charge in [-0.25, -0.2) is 4.98 Å². The van der Waals surface area contributed by atoms with Gasteiger partial charge in [-0.15, -0.1) is 0 Å². The summed E-state index contributed by atoms with van der Waals surface area (Å²) < 4.78 is 1.97. The Morgan fingerprint density at radius 2 is 2.08 bits per heavy atom. The highest BCUT2D eigenvalue weighted by molar-refractivity contribution is 5.69. The highest BCUT2D eigenvalue weighted by Crippen LogP contribution is 2.34. The van der Waals surface area contributed by atoms with E-state index in [1.807, 2.05) is 41.8 Å². The van der Waals surface area contributed by atoms with Crippen molar-refractivity contribution in [3.05, 3.63) is 65.1 Å². The summed E-state index contributed by atoms with van der Waals surface area (Å²) in [7, 11) is 0. The van der Waals surface area contributed by atoms with E-state index in [-0.39, 0.29) is 12.6 Å². The molecule has 2 aromatic heterocycles. The van der Waals surface area contributed by atoms with Crippen LogP contribution in [-0.4, -0.2) is 25.7 Å². The first kappa shape index (κ1) is 15.2. The van der Waals surface area contributed by atoms with Crippen molar-refractivity contribution < 1.29 is 10.2 Å². The Balaban J connectivity index is 1.77. The molecule has 0 amide bonds. The summed E-state index contributed by atoms with van der Waals surface area (Å²) in [5.74, 6) is 0. The Morgan fingerprint density at radius 1 is 1.25 bits per heavy atom. The van der Waals surface area contributed by atoms with Crippen molar-refractivity contribution in [1.29, 1.82) is 0 Å². The van der Waals surface area contributed by atoms with Gasteiger partial charge in [-0.05, 0) is 43.0 Å². The number of benzene rings is 1. The van der Waals surface area contributed by atoms with E-state index in [4.69, 9.17) is 0 Å². The van der Waals surface area contributed by atoms with E-state index < -0.39 is 6.10 Å². The van der Waals surface area contributed by atoms with Gasteiger partial charge in [0.1, 0.15) is 0 Å². The lowest BCUT2D eigenvalue weighted by atomic mass is 9.85. The number of pyridine rings is 1. The summed E-state index contributed by atoms with van der Waals surface area (Å²) in [6, 6.07) is 12.0. The Labute approximate surface area is 140 Å². The van der Waals surface area contributed by atoms with Crippen LogP contribution in [0.5, 0.6) is 0 Å². The molecule has 2 heterocycles. The minimum Gasteiger partial charge on any atom is -0.391 e. The van der Waals surface area contributed by atoms with Crippen LogP contribution in [-0.2, 0) is 13.0 Å². The highest BCUT2D eigenvalue weighted by atomic mass is 16.3. The van der Waals surface area contributed by atoms with E-state index in [0.29, 0.717) is 5.69 Å². The number of aliphatic hydroxyl groups excluding tert-OH is 2. The predicted molar refractivity (Wildman–Crippen MR) is 93.0 cm³/mol. The normalized spacial score (nSPS) is 20.1. The van der Waals surface area contributed by atoms with Crippen molar-refractivity contribution in [3.8, 4) is 0 Å². The molecule has 3 N–H and O–H groups in total. The van der Waals surface area contributed by atoms with Crippen LogP contribution in [0.4, 0.5) is 5.69 Å². The Kier molecular flexibility index (Phi) is 3.75. The van der Waals surface area contributed by atoms with Crippen molar-refractivity contribution in [2.45, 2.75) is 38.5 Å². The van der Waals surface area contributed by atoms with Crippen LogP contribution in [0, 0.1) is 6.92 Å². The van der Waals surface area contributed by atoms with Gasteiger partial charge in [0.2, 0.25) is 0 Å². The summed E-state index contributed by atoms with van der Waals surface area (Å²) in [5.41, 5.74) is 5.66. The molecule has 3 aromatic rings. The number of hydrogen-bond donors (Lipinski definition) is 3. The number of aromatic nitrogens is 2. The van der Waals surface area contributed by atoms with E-state index in [1.165, 1.54) is 5.56 Å². The zero-order chi connectivity index (χ0) is 16.7. The van der Waals surface area contributed by atoms with Gasteiger partial charge in [0.25, 0.3) is 0 Å². The molecule has 5 nitrogen and oxygen atoms in total. The topological polar surface area (TPSA) is 69.8 Å². The van der Waals surface area contributed by atoms with E-state index in [9.17, 15) is 10.2 Å². The second-order valence-corrected chi connectivity index (χ2v) is 6.34. The quantitative estimate of drug-likeness (QED) is 0.693. The first-order chi connectivity index (χ1) is 11.7. The van der Waals surface area contributed by atoms with Gasteiger partial charge in [-0.2, -0.15) is 0 Å². The molecule has 4 rings (SSSR count). The first-order valence-corrected chi connectivity index (χ1v) is 8.29. The molecule has 0 radical (unpaired) electrons. The number of nitrogens with zero attached hydrogens (tertiary/aromatic N) is 2. The molecule has 2 atom stereocenters. The average Bonchev–Trinajstić information content (AvgIpc) is 2.94. The maximum atomic E-state index is 10.5. The summed E-state index contributed by atoms with van der Waals surface area (Å²) >= 11 is 0. The van der Waals surface area contributed by atoms with Crippen LogP contribution in [0.2, 0.25) is 0 Å². The second-order valence-electron chi connectivity index (χ2n) is 6.34. The summed E-state index contributed by atoms with van der Waals surface area (Å²) in [6.07, 6.45) is 3.14. The van der Waals surface area contributed by atoms with E-state index in [2.05, 4.69) is 22.4 Å². The highest BCUT2D eigenvalue weighted by Gasteiger charge is 2.28. The molecule has 1 aliphatic carbocycles. The summed E-state index contributed by atoms with van der Waals surface area (Å²) in [5, 5.41) is 23.5. The fourth-order valence-corrected chi connectivity index (χ4v) is 3.58. The van der Waals surface area contributed by atoms with Crippen LogP contribution in [0.3, 0.4) is 0 Å². The van der Waals surface area contributed by atoms with Gasteiger partial charge in [0, 0.05) is 11.9 Å². The average molecular weight is 323 g/mol. The van der Waals surface area contributed by atoms with E-state index in [1.54, 1.807) is 0 Å². The number of rotatable bonds is 3. The van der Waals surface area contributed by atoms with Crippen molar-refractivity contribution in [1.82, 2.24) is 9.38 Å². The molecular formula is C19H21N3O2. The number of hydrogen-bond acceptors (Lipinski definition) is 4. The lowest BCUT2D eigenvalue weighted by Gasteiger charge is -2.31. The fraction of sp³-hybridized carbons (Fsp3) is 0.316. The predicted octanol–water partition coefficient (Wildman–Crippen LogP) is 2.60. The number of nitrogens with one attached hydrogen (secondary N) is 1. The number of fused-ring (bicyclic) bond motifs is 2. The van der Waals surface area contributed by atoms with Gasteiger partial charge in [-0.1, -0.05) is 24.3 Å². The minimum atomic E-state index is -0.437. The van der Waals surface area contributed by atoms with Crippen LogP contribution < -0.4 is 5.32 Å². The number of aryl methyl sites for hydroxylation is 2. The molecule has 1 aromatic carbocycles. The first-order valence-electron chi connectivity index (χ1n) is 8.29. The molecule has 1 aliphatic rings. The SMILES string of the molecule is Cc1c(CO)nc2c(NC3c4ccccc4CCC3O)cccn12. The number of anilines is 1. The Hall–Kier alpha value is -2.37. The molecule has 124 valence electrons. The number of aliphatic hydroxyl groups is 2. The third-order valence-electron chi connectivity index (χ3n) is 4.93. The largest absolute Gasteiger partial charge is 0.391 e. The van der Waals surface area contributed by atoms with Crippen LogP contribution in [0.15, 0.2) is 42.6 Å². The van der Waals surface area contributed by atoms with Gasteiger partial charge < -0.3 is 19.9 Å². The van der Waals surface area contributed by atoms with Crippen LogP contribution >= 0.6 is 0 Å². The maximum absolute atomic E-state index is 10.5. The summed E-state index contributed by atoms with van der Waals surface area (Å²) in [6.45, 7) is 1.86. The zero-order valence-electron chi connectivity index (χ0n) is 13.6. The lowest BCUT2D eigenvalue weighted by molar-refractivity contribution is 0.135. The standard InChI is InChI=1S/C19H21N3O2/c1-12-16(11-23)21-19-15(7-4-10-22(12)19)20-18-14-6-3-2-5-13(14)8-9-17(18)24/h2-7,10,17-18,20,23-24H,8-9,11H2,1H3. The molecule has 0 aliphatic heterocycles. The smallest absolute Gasteiger partial charge is 0.160 e. The van der Waals surface area contributed by atoms with Crippen molar-refractivity contribution in [2.75, 3.05) is 5.32 Å². The van der Waals surface area contributed by atoms with Crippen molar-refractivity contribution in [3.63, 3.8) is 0 Å². The molecule has 0 fully saturated rings. The lowest BCUT2D eigenvalue weighted by Crippen LogP contribution is -2.30. The second kappa shape index (κ2) is 5.92. The van der Waals surface area contributed by atoms with Gasteiger partial charge in [-0.3, -0.25) is 0 Å². The van der Waals surface area contributed by atoms with Crippen molar-refractivity contribution in [2.24, 2.45) is 0 Å². The number of imidazole rings is 1. The minimum absolute atomic E-state index is 0.0815. The van der Waals surface area contributed by atoms with Gasteiger partial charge >= 0.3 is 0 Å². The fourth-order valence-electron chi connectivity index (χ4n) is 3.58. The van der Waals surface area contributed by atoms with Crippen LogP contribution in [0.1, 0.15) is 35.0 Å². The van der Waals surface area contributed by atoms with E-state index in [0.717, 1.165) is 35.4 Å². The molecular weight excluding hydrogens is 302 g/mol. The monoisotopic (exact) mass is 323 g/mol. The molecule has 0 bridgehead atoms. The summed E-state index contributed by atoms with van der Waals surface area (Å²) in [4.78, 5) is 4.55.